The van der Waals surface area contributed by atoms with E-state index in [9.17, 15) is 18.0 Å². The number of nitrogens with two attached hydrogens (primary N) is 1. The van der Waals surface area contributed by atoms with E-state index >= 15 is 0 Å². The average molecular weight is 343 g/mol. The van der Waals surface area contributed by atoms with Gasteiger partial charge in [0.1, 0.15) is 11.4 Å². The predicted molar refractivity (Wildman–Crippen MR) is 79.0 cm³/mol. The molecule has 2 amide bonds. The van der Waals surface area contributed by atoms with Crippen molar-refractivity contribution in [3.8, 4) is 0 Å². The fourth-order valence-corrected chi connectivity index (χ4v) is 1.98. The number of amides is 2. The van der Waals surface area contributed by atoms with E-state index in [1.807, 2.05) is 5.43 Å². The quantitative estimate of drug-likeness (QED) is 0.663. The normalized spacial score (nSPS) is 12.1. The summed E-state index contributed by atoms with van der Waals surface area (Å²) in [6, 6.07) is 8.20. The molecule has 0 atom stereocenters. The van der Waals surface area contributed by atoms with E-state index in [1.54, 1.807) is 30.3 Å². The van der Waals surface area contributed by atoms with Crippen LogP contribution in [-0.4, -0.2) is 16.7 Å². The highest BCUT2D eigenvalue weighted by Crippen LogP contribution is 2.31. The van der Waals surface area contributed by atoms with Gasteiger partial charge in [-0.2, -0.15) is 18.3 Å². The molecule has 0 spiro atoms. The molecule has 1 heterocycles. The molecular formula is C14H10ClF3N4O. The summed E-state index contributed by atoms with van der Waals surface area (Å²) in [6.45, 7) is 0. The molecule has 1 aromatic carbocycles. The van der Waals surface area contributed by atoms with Gasteiger partial charge in [-0.25, -0.2) is 10.2 Å². The van der Waals surface area contributed by atoms with Crippen molar-refractivity contribution in [2.75, 3.05) is 0 Å². The summed E-state index contributed by atoms with van der Waals surface area (Å²) < 4.78 is 38.0. The average Bonchev–Trinajstić information content (AvgIpc) is 2.48. The minimum Gasteiger partial charge on any atom is -0.350 e. The Labute approximate surface area is 134 Å². The second-order valence-electron chi connectivity index (χ2n) is 4.35. The molecular weight excluding hydrogens is 333 g/mol. The Bertz CT molecular complexity index is 747. The number of halogens is 4. The first-order chi connectivity index (χ1) is 10.8. The van der Waals surface area contributed by atoms with Crippen molar-refractivity contribution in [2.45, 2.75) is 6.18 Å². The highest BCUT2D eigenvalue weighted by Gasteiger charge is 2.32. The molecule has 23 heavy (non-hydrogen) atoms. The van der Waals surface area contributed by atoms with Crippen molar-refractivity contribution in [2.24, 2.45) is 10.8 Å². The van der Waals surface area contributed by atoms with Gasteiger partial charge in [-0.15, -0.1) is 0 Å². The third kappa shape index (κ3) is 4.19. The molecule has 0 radical (unpaired) electrons. The number of nitrogens with one attached hydrogen (secondary N) is 1. The van der Waals surface area contributed by atoms with Crippen LogP contribution in [0.15, 0.2) is 47.7 Å². The van der Waals surface area contributed by atoms with Crippen LogP contribution in [0.5, 0.6) is 0 Å². The number of alkyl halides is 3. The predicted octanol–water partition coefficient (Wildman–Crippen LogP) is 3.17. The lowest BCUT2D eigenvalue weighted by Crippen LogP contribution is -2.26. The molecule has 2 aromatic rings. The number of benzene rings is 1. The smallest absolute Gasteiger partial charge is 0.350 e. The molecule has 2 rings (SSSR count). The monoisotopic (exact) mass is 342 g/mol. The van der Waals surface area contributed by atoms with E-state index in [1.165, 1.54) is 0 Å². The van der Waals surface area contributed by atoms with Crippen molar-refractivity contribution >= 4 is 23.3 Å². The maximum atomic E-state index is 12.7. The number of carbonyl (C=O) groups excluding carboxylic acids is 1. The molecule has 0 aliphatic heterocycles. The standard InChI is InChI=1S/C14H10ClF3N4O/c15-10-6-9(14(16,17)18)7-20-12(10)11(21-22-13(19)23)8-4-2-1-3-5-8/h1-7H,(H3,19,22,23)/b21-11+. The lowest BCUT2D eigenvalue weighted by Gasteiger charge is -2.11. The highest BCUT2D eigenvalue weighted by molar-refractivity contribution is 6.35. The van der Waals surface area contributed by atoms with Crippen LogP contribution in [0.25, 0.3) is 0 Å². The molecule has 0 saturated heterocycles. The summed E-state index contributed by atoms with van der Waals surface area (Å²) in [5, 5.41) is 3.52. The first kappa shape index (κ1) is 16.8. The number of primary amides is 1. The van der Waals surface area contributed by atoms with Crippen LogP contribution in [0, 0.1) is 0 Å². The van der Waals surface area contributed by atoms with Gasteiger partial charge in [-0.1, -0.05) is 41.9 Å². The van der Waals surface area contributed by atoms with Gasteiger partial charge in [0.25, 0.3) is 0 Å². The maximum Gasteiger partial charge on any atom is 0.417 e. The van der Waals surface area contributed by atoms with Crippen LogP contribution in [0.2, 0.25) is 5.02 Å². The van der Waals surface area contributed by atoms with Gasteiger partial charge in [-0.05, 0) is 6.07 Å². The summed E-state index contributed by atoms with van der Waals surface area (Å²) in [4.78, 5) is 14.6. The second kappa shape index (κ2) is 6.66. The number of hydrogen-bond acceptors (Lipinski definition) is 3. The van der Waals surface area contributed by atoms with Crippen molar-refractivity contribution in [3.63, 3.8) is 0 Å². The zero-order valence-corrected chi connectivity index (χ0v) is 12.2. The Balaban J connectivity index is 2.52. The number of rotatable bonds is 3. The zero-order valence-electron chi connectivity index (χ0n) is 11.4. The molecule has 0 aliphatic rings. The molecule has 0 fully saturated rings. The molecule has 9 heteroatoms. The molecule has 120 valence electrons. The topological polar surface area (TPSA) is 80.4 Å². The van der Waals surface area contributed by atoms with E-state index in [0.29, 0.717) is 11.8 Å². The number of pyridine rings is 1. The van der Waals surface area contributed by atoms with Crippen LogP contribution in [0.1, 0.15) is 16.8 Å². The van der Waals surface area contributed by atoms with E-state index in [0.717, 1.165) is 6.07 Å². The third-order valence-corrected chi connectivity index (χ3v) is 3.01. The number of hydrazone groups is 1. The van der Waals surface area contributed by atoms with Crippen LogP contribution in [0.4, 0.5) is 18.0 Å². The fraction of sp³-hybridized carbons (Fsp3) is 0.0714. The van der Waals surface area contributed by atoms with Crippen LogP contribution in [0.3, 0.4) is 0 Å². The summed E-state index contributed by atoms with van der Waals surface area (Å²) in [6.07, 6.45) is -3.92. The summed E-state index contributed by atoms with van der Waals surface area (Å²) in [7, 11) is 0. The molecule has 0 aliphatic carbocycles. The number of urea groups is 1. The summed E-state index contributed by atoms with van der Waals surface area (Å²) in [5.41, 5.74) is 6.56. The summed E-state index contributed by atoms with van der Waals surface area (Å²) >= 11 is 5.91. The Morgan fingerprint density at radius 1 is 1.26 bits per heavy atom. The Kier molecular flexibility index (Phi) is 4.85. The van der Waals surface area contributed by atoms with Gasteiger partial charge in [-0.3, -0.25) is 4.98 Å². The second-order valence-corrected chi connectivity index (χ2v) is 4.76. The van der Waals surface area contributed by atoms with Gasteiger partial charge >= 0.3 is 12.2 Å². The van der Waals surface area contributed by atoms with Crippen LogP contribution >= 0.6 is 11.6 Å². The van der Waals surface area contributed by atoms with Crippen molar-refractivity contribution in [3.05, 3.63) is 64.4 Å². The third-order valence-electron chi connectivity index (χ3n) is 2.72. The van der Waals surface area contributed by atoms with E-state index in [-0.39, 0.29) is 16.4 Å². The molecule has 0 bridgehead atoms. The molecule has 0 saturated carbocycles. The minimum absolute atomic E-state index is 0.0142. The van der Waals surface area contributed by atoms with Gasteiger partial charge in [0, 0.05) is 11.8 Å². The molecule has 1 aromatic heterocycles. The first-order valence-corrected chi connectivity index (χ1v) is 6.58. The van der Waals surface area contributed by atoms with Crippen molar-refractivity contribution < 1.29 is 18.0 Å². The highest BCUT2D eigenvalue weighted by atomic mass is 35.5. The number of hydrogen-bond donors (Lipinski definition) is 2. The van der Waals surface area contributed by atoms with Crippen molar-refractivity contribution in [1.29, 1.82) is 0 Å². The van der Waals surface area contributed by atoms with E-state index in [4.69, 9.17) is 17.3 Å². The van der Waals surface area contributed by atoms with E-state index in [2.05, 4.69) is 10.1 Å². The molecule has 3 N–H and O–H groups in total. The first-order valence-electron chi connectivity index (χ1n) is 6.20. The summed E-state index contributed by atoms with van der Waals surface area (Å²) in [5.74, 6) is 0. The van der Waals surface area contributed by atoms with Gasteiger partial charge < -0.3 is 5.73 Å². The van der Waals surface area contributed by atoms with Crippen LogP contribution < -0.4 is 11.2 Å². The Morgan fingerprint density at radius 2 is 1.91 bits per heavy atom. The van der Waals surface area contributed by atoms with Gasteiger partial charge in [0.05, 0.1) is 10.6 Å². The molecule has 0 unspecified atom stereocenters. The maximum absolute atomic E-state index is 12.7. The minimum atomic E-state index is -4.56. The largest absolute Gasteiger partial charge is 0.417 e. The Hall–Kier alpha value is -2.61. The van der Waals surface area contributed by atoms with Crippen molar-refractivity contribution in [1.82, 2.24) is 10.4 Å². The zero-order chi connectivity index (χ0) is 17.0. The van der Waals surface area contributed by atoms with Gasteiger partial charge in [0.15, 0.2) is 0 Å². The lowest BCUT2D eigenvalue weighted by atomic mass is 10.1. The lowest BCUT2D eigenvalue weighted by molar-refractivity contribution is -0.137. The number of carbonyl (C=O) groups is 1. The fourth-order valence-electron chi connectivity index (χ4n) is 1.73. The molecule has 5 nitrogen and oxygen atoms in total. The Morgan fingerprint density at radius 3 is 2.43 bits per heavy atom. The van der Waals surface area contributed by atoms with Gasteiger partial charge in [0.2, 0.25) is 0 Å². The van der Waals surface area contributed by atoms with E-state index < -0.39 is 17.8 Å². The number of nitrogens with zero attached hydrogens (tertiary/aromatic N) is 2. The SMILES string of the molecule is NC(=O)N/N=C(\c1ccccc1)c1ncc(C(F)(F)F)cc1Cl. The number of aromatic nitrogens is 1. The van der Waals surface area contributed by atoms with Crippen LogP contribution in [-0.2, 0) is 6.18 Å².